The lowest BCUT2D eigenvalue weighted by molar-refractivity contribution is -0.135. The summed E-state index contributed by atoms with van der Waals surface area (Å²) < 4.78 is 5.69. The summed E-state index contributed by atoms with van der Waals surface area (Å²) in [5, 5.41) is 11.3. The Labute approximate surface area is 162 Å². The smallest absolute Gasteiger partial charge is 0.261 e. The predicted octanol–water partition coefficient (Wildman–Crippen LogP) is 4.17. The molecule has 1 aliphatic heterocycles. The van der Waals surface area contributed by atoms with Crippen molar-refractivity contribution in [3.8, 4) is 11.8 Å². The number of ether oxygens (including phenoxy) is 1. The first-order valence-corrected chi connectivity index (χ1v) is 9.68. The minimum absolute atomic E-state index is 0.0755. The molecular formula is C22H18N2O2S. The van der Waals surface area contributed by atoms with E-state index in [1.54, 1.807) is 35.6 Å². The summed E-state index contributed by atoms with van der Waals surface area (Å²) in [6.45, 7) is 0.580. The number of amides is 1. The average molecular weight is 374 g/mol. The first kappa shape index (κ1) is 17.3. The molecule has 3 aromatic rings. The van der Waals surface area contributed by atoms with Gasteiger partial charge in [-0.05, 0) is 41.1 Å². The second kappa shape index (κ2) is 7.65. The van der Waals surface area contributed by atoms with Gasteiger partial charge >= 0.3 is 0 Å². The maximum atomic E-state index is 13.0. The van der Waals surface area contributed by atoms with Gasteiger partial charge in [-0.2, -0.15) is 5.26 Å². The van der Waals surface area contributed by atoms with Gasteiger partial charge in [-0.25, -0.2) is 0 Å². The third-order valence-corrected chi connectivity index (χ3v) is 5.76. The molecule has 0 aliphatic carbocycles. The van der Waals surface area contributed by atoms with Crippen LogP contribution in [0.3, 0.4) is 0 Å². The van der Waals surface area contributed by atoms with Crippen LogP contribution in [-0.4, -0.2) is 24.0 Å². The molecule has 1 unspecified atom stereocenters. The minimum atomic E-state index is -0.0940. The van der Waals surface area contributed by atoms with E-state index in [1.807, 2.05) is 23.1 Å². The highest BCUT2D eigenvalue weighted by atomic mass is 32.1. The number of hydrogen-bond donors (Lipinski definition) is 0. The number of hydrogen-bond acceptors (Lipinski definition) is 4. The first-order valence-electron chi connectivity index (χ1n) is 8.80. The van der Waals surface area contributed by atoms with Gasteiger partial charge in [0, 0.05) is 11.4 Å². The second-order valence-electron chi connectivity index (χ2n) is 6.35. The zero-order chi connectivity index (χ0) is 18.6. The van der Waals surface area contributed by atoms with Crippen molar-refractivity contribution in [3.63, 3.8) is 0 Å². The van der Waals surface area contributed by atoms with Crippen molar-refractivity contribution in [2.45, 2.75) is 12.5 Å². The Morgan fingerprint density at radius 3 is 2.74 bits per heavy atom. The van der Waals surface area contributed by atoms with Crippen LogP contribution >= 0.6 is 11.3 Å². The van der Waals surface area contributed by atoms with E-state index < -0.39 is 0 Å². The van der Waals surface area contributed by atoms with Crippen LogP contribution in [0.25, 0.3) is 0 Å². The number of nitriles is 1. The molecule has 2 aromatic carbocycles. The molecular weight excluding hydrogens is 356 g/mol. The molecule has 0 radical (unpaired) electrons. The van der Waals surface area contributed by atoms with Gasteiger partial charge in [0.05, 0.1) is 11.6 Å². The van der Waals surface area contributed by atoms with Crippen LogP contribution in [0.1, 0.15) is 27.6 Å². The molecule has 4 nitrogen and oxygen atoms in total. The summed E-state index contributed by atoms with van der Waals surface area (Å²) in [6.07, 6.45) is 0.858. The fraction of sp³-hybridized carbons (Fsp3) is 0.182. The Morgan fingerprint density at radius 2 is 1.93 bits per heavy atom. The topological polar surface area (TPSA) is 53.3 Å². The lowest BCUT2D eigenvalue weighted by Gasteiger charge is -2.36. The van der Waals surface area contributed by atoms with Gasteiger partial charge in [0.1, 0.15) is 11.8 Å². The number of carbonyl (C=O) groups excluding carboxylic acids is 1. The molecule has 5 heteroatoms. The molecule has 1 aliphatic rings. The molecule has 0 spiro atoms. The normalized spacial score (nSPS) is 15.7. The zero-order valence-electron chi connectivity index (χ0n) is 14.7. The van der Waals surface area contributed by atoms with Crippen molar-refractivity contribution in [1.82, 2.24) is 4.90 Å². The molecule has 134 valence electrons. The third-order valence-electron chi connectivity index (χ3n) is 4.76. The maximum absolute atomic E-state index is 13.0. The van der Waals surface area contributed by atoms with Crippen LogP contribution in [0.4, 0.5) is 0 Å². The molecule has 0 bridgehead atoms. The standard InChI is InChI=1S/C22H18N2O2S/c23-14-17-8-4-5-9-19(17)26-15-21(25)24-12-10-20-18(11-13-27-20)22(24)16-6-2-1-3-7-16/h1-9,11,13,22H,10,12,15H2. The van der Waals surface area contributed by atoms with Crippen LogP contribution in [0, 0.1) is 11.3 Å². The summed E-state index contributed by atoms with van der Waals surface area (Å²) in [5.41, 5.74) is 2.73. The fourth-order valence-electron chi connectivity index (χ4n) is 3.49. The van der Waals surface area contributed by atoms with Crippen molar-refractivity contribution in [2.24, 2.45) is 0 Å². The predicted molar refractivity (Wildman–Crippen MR) is 105 cm³/mol. The van der Waals surface area contributed by atoms with Gasteiger partial charge in [0.2, 0.25) is 0 Å². The van der Waals surface area contributed by atoms with Crippen molar-refractivity contribution in [1.29, 1.82) is 5.26 Å². The van der Waals surface area contributed by atoms with Crippen LogP contribution in [0.2, 0.25) is 0 Å². The average Bonchev–Trinajstić information content (AvgIpc) is 3.21. The number of rotatable bonds is 4. The fourth-order valence-corrected chi connectivity index (χ4v) is 4.39. The van der Waals surface area contributed by atoms with Crippen molar-refractivity contribution in [3.05, 3.63) is 87.6 Å². The van der Waals surface area contributed by atoms with E-state index in [0.717, 1.165) is 12.0 Å². The van der Waals surface area contributed by atoms with E-state index in [1.165, 1.54) is 10.4 Å². The van der Waals surface area contributed by atoms with Gasteiger partial charge in [0.25, 0.3) is 5.91 Å². The highest BCUT2D eigenvalue weighted by molar-refractivity contribution is 7.10. The minimum Gasteiger partial charge on any atom is -0.482 e. The van der Waals surface area contributed by atoms with Crippen LogP contribution in [0.15, 0.2) is 66.0 Å². The van der Waals surface area contributed by atoms with Crippen LogP contribution < -0.4 is 4.74 Å². The van der Waals surface area contributed by atoms with E-state index in [0.29, 0.717) is 17.9 Å². The Morgan fingerprint density at radius 1 is 1.15 bits per heavy atom. The molecule has 0 saturated heterocycles. The number of para-hydroxylation sites is 1. The lowest BCUT2D eigenvalue weighted by Crippen LogP contribution is -2.42. The van der Waals surface area contributed by atoms with E-state index in [9.17, 15) is 10.1 Å². The van der Waals surface area contributed by atoms with Crippen LogP contribution in [-0.2, 0) is 11.2 Å². The number of fused-ring (bicyclic) bond motifs is 1. The SMILES string of the molecule is N#Cc1ccccc1OCC(=O)N1CCc2sccc2C1c1ccccc1. The van der Waals surface area contributed by atoms with Crippen molar-refractivity contribution in [2.75, 3.05) is 13.2 Å². The Balaban J connectivity index is 1.58. The van der Waals surface area contributed by atoms with E-state index in [-0.39, 0.29) is 18.6 Å². The quantitative estimate of drug-likeness (QED) is 0.689. The van der Waals surface area contributed by atoms with E-state index >= 15 is 0 Å². The van der Waals surface area contributed by atoms with Gasteiger partial charge in [-0.15, -0.1) is 11.3 Å². The van der Waals surface area contributed by atoms with E-state index in [4.69, 9.17) is 4.74 Å². The molecule has 0 fully saturated rings. The van der Waals surface area contributed by atoms with Crippen LogP contribution in [0.5, 0.6) is 5.75 Å². The largest absolute Gasteiger partial charge is 0.482 e. The molecule has 1 aromatic heterocycles. The number of carbonyl (C=O) groups is 1. The summed E-state index contributed by atoms with van der Waals surface area (Å²) in [6, 6.07) is 21.2. The van der Waals surface area contributed by atoms with Gasteiger partial charge in [-0.3, -0.25) is 4.79 Å². The number of thiophene rings is 1. The Kier molecular flexibility index (Phi) is 4.91. The van der Waals surface area contributed by atoms with Gasteiger partial charge in [0.15, 0.2) is 6.61 Å². The molecule has 0 N–H and O–H groups in total. The summed E-state index contributed by atoms with van der Waals surface area (Å²) in [7, 11) is 0. The molecule has 1 amide bonds. The number of benzene rings is 2. The van der Waals surface area contributed by atoms with Crippen molar-refractivity contribution < 1.29 is 9.53 Å². The summed E-state index contributed by atoms with van der Waals surface area (Å²) in [4.78, 5) is 16.2. The van der Waals surface area contributed by atoms with Crippen molar-refractivity contribution >= 4 is 17.2 Å². The molecule has 4 rings (SSSR count). The Bertz CT molecular complexity index is 991. The van der Waals surface area contributed by atoms with Gasteiger partial charge in [-0.1, -0.05) is 42.5 Å². The molecule has 2 heterocycles. The summed E-state index contributed by atoms with van der Waals surface area (Å²) in [5.74, 6) is 0.367. The highest BCUT2D eigenvalue weighted by Crippen LogP contribution is 2.37. The molecule has 0 saturated carbocycles. The maximum Gasteiger partial charge on any atom is 0.261 e. The summed E-state index contributed by atoms with van der Waals surface area (Å²) >= 11 is 1.75. The highest BCUT2D eigenvalue weighted by Gasteiger charge is 2.32. The lowest BCUT2D eigenvalue weighted by atomic mass is 9.93. The van der Waals surface area contributed by atoms with Gasteiger partial charge < -0.3 is 9.64 Å². The second-order valence-corrected chi connectivity index (χ2v) is 7.35. The van der Waals surface area contributed by atoms with E-state index in [2.05, 4.69) is 29.6 Å². The first-order chi connectivity index (χ1) is 13.3. The number of nitrogens with zero attached hydrogens (tertiary/aromatic N) is 2. The zero-order valence-corrected chi connectivity index (χ0v) is 15.5. The Hall–Kier alpha value is -3.10. The molecule has 27 heavy (non-hydrogen) atoms. The third kappa shape index (κ3) is 3.44. The monoisotopic (exact) mass is 374 g/mol. The molecule has 1 atom stereocenters.